The minimum Gasteiger partial charge on any atom is -0.0843 e. The van der Waals surface area contributed by atoms with Gasteiger partial charge >= 0.3 is 0 Å². The van der Waals surface area contributed by atoms with E-state index in [1.807, 2.05) is 6.07 Å². The molecule has 0 nitrogen and oxygen atoms in total. The van der Waals surface area contributed by atoms with Gasteiger partial charge in [-0.05, 0) is 45.2 Å². The molecule has 0 heterocycles. The van der Waals surface area contributed by atoms with Crippen LogP contribution in [0.25, 0.3) is 33.0 Å². The van der Waals surface area contributed by atoms with E-state index < -0.39 is 0 Å². The summed E-state index contributed by atoms with van der Waals surface area (Å²) in [4.78, 5) is 0. The van der Waals surface area contributed by atoms with Gasteiger partial charge < -0.3 is 0 Å². The Kier molecular flexibility index (Phi) is 1.70. The highest BCUT2D eigenvalue weighted by Gasteiger charge is 2.24. The largest absolute Gasteiger partial charge is 0.0843 e. The second-order valence-corrected chi connectivity index (χ2v) is 4.84. The molecule has 0 bridgehead atoms. The molecule has 0 atom stereocenters. The zero-order valence-electron chi connectivity index (χ0n) is 9.07. The lowest BCUT2D eigenvalue weighted by molar-refractivity contribution is 1.55. The minimum atomic E-state index is 0.808. The molecule has 1 aliphatic carbocycles. The lowest BCUT2D eigenvalue weighted by atomic mass is 9.78. The van der Waals surface area contributed by atoms with E-state index in [0.717, 1.165) is 5.02 Å². The highest BCUT2D eigenvalue weighted by Crippen LogP contribution is 2.51. The number of benzene rings is 3. The molecule has 1 aliphatic rings. The van der Waals surface area contributed by atoms with Crippen molar-refractivity contribution < 1.29 is 0 Å². The molecule has 80 valence electrons. The molecule has 4 rings (SSSR count). The molecule has 0 aliphatic heterocycles. The monoisotopic (exact) mass is 236 g/mol. The topological polar surface area (TPSA) is 0 Å². The van der Waals surface area contributed by atoms with E-state index in [2.05, 4.69) is 48.5 Å². The van der Waals surface area contributed by atoms with Gasteiger partial charge in [-0.2, -0.15) is 0 Å². The zero-order chi connectivity index (χ0) is 11.4. The summed E-state index contributed by atoms with van der Waals surface area (Å²) in [6, 6.07) is 19.0. The highest BCUT2D eigenvalue weighted by molar-refractivity contribution is 6.31. The van der Waals surface area contributed by atoms with Crippen molar-refractivity contribution in [3.63, 3.8) is 0 Å². The van der Waals surface area contributed by atoms with Crippen molar-refractivity contribution >= 4 is 22.4 Å². The summed E-state index contributed by atoms with van der Waals surface area (Å²) in [5.74, 6) is 0. The summed E-state index contributed by atoms with van der Waals surface area (Å²) in [5.41, 5.74) is 5.29. The molecule has 0 fully saturated rings. The molecule has 0 spiro atoms. The number of rotatable bonds is 0. The first-order chi connectivity index (χ1) is 8.34. The van der Waals surface area contributed by atoms with Crippen molar-refractivity contribution in [2.75, 3.05) is 0 Å². The lowest BCUT2D eigenvalue weighted by Gasteiger charge is -2.25. The van der Waals surface area contributed by atoms with E-state index in [1.54, 1.807) is 0 Å². The maximum absolute atomic E-state index is 6.07. The Morgan fingerprint density at radius 2 is 1.53 bits per heavy atom. The first-order valence-corrected chi connectivity index (χ1v) is 6.04. The van der Waals surface area contributed by atoms with Crippen LogP contribution in [0.4, 0.5) is 0 Å². The molecule has 1 heteroatoms. The molecule has 0 saturated carbocycles. The highest BCUT2D eigenvalue weighted by atomic mass is 35.5. The van der Waals surface area contributed by atoms with Crippen LogP contribution in [0.2, 0.25) is 5.02 Å². The summed E-state index contributed by atoms with van der Waals surface area (Å²) >= 11 is 6.07. The standard InChI is InChI=1S/C16H9Cl/c17-11-6-8-13-14-7-5-10-3-1-2-4-12(10)16(14)15(13)9-11/h1-9H. The third kappa shape index (κ3) is 1.13. The van der Waals surface area contributed by atoms with Gasteiger partial charge in [0.1, 0.15) is 0 Å². The van der Waals surface area contributed by atoms with Gasteiger partial charge in [0.25, 0.3) is 0 Å². The van der Waals surface area contributed by atoms with Gasteiger partial charge in [-0.25, -0.2) is 0 Å². The van der Waals surface area contributed by atoms with Crippen molar-refractivity contribution in [1.82, 2.24) is 0 Å². The van der Waals surface area contributed by atoms with E-state index in [-0.39, 0.29) is 0 Å². The van der Waals surface area contributed by atoms with Crippen LogP contribution in [0.1, 0.15) is 0 Å². The first kappa shape index (κ1) is 9.26. The van der Waals surface area contributed by atoms with E-state index in [4.69, 9.17) is 11.6 Å². The van der Waals surface area contributed by atoms with Crippen LogP contribution < -0.4 is 0 Å². The van der Waals surface area contributed by atoms with Gasteiger partial charge in [0.05, 0.1) is 0 Å². The fourth-order valence-corrected chi connectivity index (χ4v) is 2.85. The van der Waals surface area contributed by atoms with Crippen molar-refractivity contribution in [1.29, 1.82) is 0 Å². The molecule has 17 heavy (non-hydrogen) atoms. The third-order valence-corrected chi connectivity index (χ3v) is 3.71. The summed E-state index contributed by atoms with van der Waals surface area (Å²) in [6.45, 7) is 0. The summed E-state index contributed by atoms with van der Waals surface area (Å²) in [6.07, 6.45) is 0. The molecule has 3 aromatic carbocycles. The number of fused-ring (bicyclic) bond motifs is 6. The Balaban J connectivity index is 2.12. The Bertz CT molecular complexity index is 757. The van der Waals surface area contributed by atoms with E-state index in [0.29, 0.717) is 0 Å². The number of halogens is 1. The normalized spacial score (nSPS) is 11.8. The molecule has 0 amide bonds. The van der Waals surface area contributed by atoms with Crippen molar-refractivity contribution in [3.8, 4) is 22.3 Å². The molecule has 0 aromatic heterocycles. The van der Waals surface area contributed by atoms with Crippen molar-refractivity contribution in [2.45, 2.75) is 0 Å². The first-order valence-electron chi connectivity index (χ1n) is 5.67. The average Bonchev–Trinajstić information content (AvgIpc) is 2.35. The average molecular weight is 237 g/mol. The summed E-state index contributed by atoms with van der Waals surface area (Å²) in [5, 5.41) is 3.42. The maximum Gasteiger partial charge on any atom is 0.0412 e. The number of hydrogen-bond acceptors (Lipinski definition) is 0. The molecule has 0 radical (unpaired) electrons. The quantitative estimate of drug-likeness (QED) is 0.397. The Morgan fingerprint density at radius 1 is 0.706 bits per heavy atom. The van der Waals surface area contributed by atoms with Crippen LogP contribution in [0.3, 0.4) is 0 Å². The Morgan fingerprint density at radius 3 is 2.47 bits per heavy atom. The van der Waals surface area contributed by atoms with Gasteiger partial charge in [-0.1, -0.05) is 54.1 Å². The Hall–Kier alpha value is -1.79. The van der Waals surface area contributed by atoms with Gasteiger partial charge in [-0.15, -0.1) is 0 Å². The second kappa shape index (κ2) is 3.12. The van der Waals surface area contributed by atoms with Gasteiger partial charge in [0.2, 0.25) is 0 Å². The van der Waals surface area contributed by atoms with Crippen LogP contribution in [0.5, 0.6) is 0 Å². The second-order valence-electron chi connectivity index (χ2n) is 4.40. The van der Waals surface area contributed by atoms with Crippen LogP contribution in [0, 0.1) is 0 Å². The van der Waals surface area contributed by atoms with Gasteiger partial charge in [0.15, 0.2) is 0 Å². The number of hydrogen-bond donors (Lipinski definition) is 0. The molecule has 0 unspecified atom stereocenters. The fraction of sp³-hybridized carbons (Fsp3) is 0. The van der Waals surface area contributed by atoms with Crippen LogP contribution in [-0.2, 0) is 0 Å². The molecule has 0 saturated heterocycles. The minimum absolute atomic E-state index is 0.808. The van der Waals surface area contributed by atoms with E-state index in [1.165, 1.54) is 33.0 Å². The molecule has 3 aromatic rings. The van der Waals surface area contributed by atoms with Crippen LogP contribution >= 0.6 is 11.6 Å². The van der Waals surface area contributed by atoms with E-state index >= 15 is 0 Å². The predicted molar refractivity (Wildman–Crippen MR) is 73.4 cm³/mol. The zero-order valence-corrected chi connectivity index (χ0v) is 9.83. The third-order valence-electron chi connectivity index (χ3n) is 3.47. The molecule has 0 N–H and O–H groups in total. The SMILES string of the molecule is Clc1ccc2c(c1)-c1c-2ccc2ccccc12. The van der Waals surface area contributed by atoms with E-state index in [9.17, 15) is 0 Å². The lowest BCUT2D eigenvalue weighted by Crippen LogP contribution is -1.99. The van der Waals surface area contributed by atoms with Gasteiger partial charge in [0, 0.05) is 5.02 Å². The van der Waals surface area contributed by atoms with Gasteiger partial charge in [-0.3, -0.25) is 0 Å². The summed E-state index contributed by atoms with van der Waals surface area (Å²) < 4.78 is 0. The molecular weight excluding hydrogens is 228 g/mol. The summed E-state index contributed by atoms with van der Waals surface area (Å²) in [7, 11) is 0. The van der Waals surface area contributed by atoms with Crippen molar-refractivity contribution in [2.24, 2.45) is 0 Å². The smallest absolute Gasteiger partial charge is 0.0412 e. The predicted octanol–water partition coefficient (Wildman–Crippen LogP) is 5.14. The van der Waals surface area contributed by atoms with Crippen LogP contribution in [0.15, 0.2) is 54.6 Å². The fourth-order valence-electron chi connectivity index (χ4n) is 2.68. The van der Waals surface area contributed by atoms with Crippen LogP contribution in [-0.4, -0.2) is 0 Å². The Labute approximate surface area is 104 Å². The maximum atomic E-state index is 6.07. The molecular formula is C16H9Cl. The van der Waals surface area contributed by atoms with Crippen molar-refractivity contribution in [3.05, 3.63) is 59.6 Å².